The fourth-order valence-electron chi connectivity index (χ4n) is 2.60. The molecule has 5 nitrogen and oxygen atoms in total. The summed E-state index contributed by atoms with van der Waals surface area (Å²) in [6.07, 6.45) is 0.584. The normalized spacial score (nSPS) is 11.2. The largest absolute Gasteiger partial charge is 0.357 e. The number of hydrogen-bond donors (Lipinski definition) is 2. The fourth-order valence-corrected chi connectivity index (χ4v) is 3.01. The SMILES string of the molecule is CCNC(=NCc1c(C)nn(C)c1C)NCCc1cc(Br)ccc1F.I. The molecule has 0 aliphatic heterocycles. The van der Waals surface area contributed by atoms with E-state index in [9.17, 15) is 4.39 Å². The maximum absolute atomic E-state index is 13.8. The monoisotopic (exact) mass is 537 g/mol. The summed E-state index contributed by atoms with van der Waals surface area (Å²) in [6, 6.07) is 4.99. The van der Waals surface area contributed by atoms with Gasteiger partial charge in [-0.2, -0.15) is 5.10 Å². The summed E-state index contributed by atoms with van der Waals surface area (Å²) in [5, 5.41) is 10.9. The highest BCUT2D eigenvalue weighted by atomic mass is 127. The lowest BCUT2D eigenvalue weighted by Crippen LogP contribution is -2.38. The first kappa shape index (κ1) is 22.9. The van der Waals surface area contributed by atoms with Gasteiger partial charge in [-0.25, -0.2) is 9.38 Å². The number of aryl methyl sites for hydroxylation is 2. The topological polar surface area (TPSA) is 54.2 Å². The number of guanidine groups is 1. The number of hydrogen-bond acceptors (Lipinski definition) is 2. The number of nitrogens with zero attached hydrogens (tertiary/aromatic N) is 3. The van der Waals surface area contributed by atoms with Gasteiger partial charge in [0.2, 0.25) is 0 Å². The van der Waals surface area contributed by atoms with Crippen LogP contribution in [0.5, 0.6) is 0 Å². The van der Waals surface area contributed by atoms with E-state index in [1.54, 1.807) is 6.07 Å². The highest BCUT2D eigenvalue weighted by molar-refractivity contribution is 14.0. The molecule has 0 saturated heterocycles. The molecular formula is C18H26BrFIN5. The van der Waals surface area contributed by atoms with Crippen LogP contribution < -0.4 is 10.6 Å². The van der Waals surface area contributed by atoms with Gasteiger partial charge in [0.25, 0.3) is 0 Å². The van der Waals surface area contributed by atoms with E-state index in [-0.39, 0.29) is 29.8 Å². The molecule has 1 aromatic heterocycles. The lowest BCUT2D eigenvalue weighted by atomic mass is 10.1. The average Bonchev–Trinajstić information content (AvgIpc) is 2.81. The van der Waals surface area contributed by atoms with Gasteiger partial charge in [0, 0.05) is 35.9 Å². The van der Waals surface area contributed by atoms with E-state index in [2.05, 4.69) is 36.7 Å². The van der Waals surface area contributed by atoms with Crippen molar-refractivity contribution in [2.75, 3.05) is 13.1 Å². The summed E-state index contributed by atoms with van der Waals surface area (Å²) in [7, 11) is 1.94. The van der Waals surface area contributed by atoms with Gasteiger partial charge in [-0.1, -0.05) is 15.9 Å². The second-order valence-corrected chi connectivity index (χ2v) is 6.80. The van der Waals surface area contributed by atoms with Crippen LogP contribution in [0.1, 0.15) is 29.4 Å². The fraction of sp³-hybridized carbons (Fsp3) is 0.444. The first-order valence-corrected chi connectivity index (χ1v) is 9.16. The van der Waals surface area contributed by atoms with Crippen LogP contribution in [-0.2, 0) is 20.0 Å². The smallest absolute Gasteiger partial charge is 0.191 e. The van der Waals surface area contributed by atoms with E-state index in [0.717, 1.165) is 33.9 Å². The molecule has 144 valence electrons. The highest BCUT2D eigenvalue weighted by Gasteiger charge is 2.09. The van der Waals surface area contributed by atoms with Gasteiger partial charge in [-0.05, 0) is 51.0 Å². The second-order valence-electron chi connectivity index (χ2n) is 5.88. The summed E-state index contributed by atoms with van der Waals surface area (Å²) in [6.45, 7) is 7.99. The van der Waals surface area contributed by atoms with Gasteiger partial charge in [0.15, 0.2) is 5.96 Å². The van der Waals surface area contributed by atoms with E-state index in [4.69, 9.17) is 0 Å². The van der Waals surface area contributed by atoms with E-state index in [0.29, 0.717) is 25.1 Å². The highest BCUT2D eigenvalue weighted by Crippen LogP contribution is 2.16. The minimum absolute atomic E-state index is 0. The molecule has 0 aliphatic rings. The van der Waals surface area contributed by atoms with Gasteiger partial charge in [0.1, 0.15) is 5.82 Å². The molecule has 0 bridgehead atoms. The molecule has 0 aliphatic carbocycles. The molecule has 1 aromatic carbocycles. The average molecular weight is 538 g/mol. The van der Waals surface area contributed by atoms with Crippen LogP contribution in [0.4, 0.5) is 4.39 Å². The predicted octanol–water partition coefficient (Wildman–Crippen LogP) is 3.85. The van der Waals surface area contributed by atoms with Crippen molar-refractivity contribution in [1.82, 2.24) is 20.4 Å². The maximum atomic E-state index is 13.8. The van der Waals surface area contributed by atoms with E-state index >= 15 is 0 Å². The number of nitrogens with one attached hydrogen (secondary N) is 2. The first-order chi connectivity index (χ1) is 11.9. The number of benzene rings is 1. The standard InChI is InChI=1S/C18H25BrFN5.HI/c1-5-21-18(23-11-16-12(2)24-25(4)13(16)3)22-9-8-14-10-15(19)6-7-17(14)20;/h6-7,10H,5,8-9,11H2,1-4H3,(H2,21,22,23);1H. The molecule has 0 saturated carbocycles. The molecule has 2 rings (SSSR count). The predicted molar refractivity (Wildman–Crippen MR) is 119 cm³/mol. The molecule has 2 aromatic rings. The van der Waals surface area contributed by atoms with Crippen molar-refractivity contribution in [3.63, 3.8) is 0 Å². The lowest BCUT2D eigenvalue weighted by Gasteiger charge is -2.12. The van der Waals surface area contributed by atoms with Crippen LogP contribution in [0, 0.1) is 19.7 Å². The van der Waals surface area contributed by atoms with Gasteiger partial charge in [-0.15, -0.1) is 24.0 Å². The molecular weight excluding hydrogens is 512 g/mol. The van der Waals surface area contributed by atoms with Crippen molar-refractivity contribution in [3.05, 3.63) is 51.0 Å². The number of halogens is 3. The zero-order chi connectivity index (χ0) is 18.4. The summed E-state index contributed by atoms with van der Waals surface area (Å²) in [4.78, 5) is 4.63. The Hall–Kier alpha value is -1.16. The maximum Gasteiger partial charge on any atom is 0.191 e. The minimum Gasteiger partial charge on any atom is -0.357 e. The first-order valence-electron chi connectivity index (χ1n) is 8.37. The summed E-state index contributed by atoms with van der Waals surface area (Å²) < 4.78 is 16.6. The Morgan fingerprint density at radius 1 is 1.31 bits per heavy atom. The Labute approximate surface area is 180 Å². The van der Waals surface area contributed by atoms with E-state index in [1.165, 1.54) is 6.07 Å². The Kier molecular flexibility index (Phi) is 9.56. The Morgan fingerprint density at radius 2 is 2.04 bits per heavy atom. The van der Waals surface area contributed by atoms with Crippen LogP contribution in [0.2, 0.25) is 0 Å². The molecule has 0 unspecified atom stereocenters. The molecule has 0 atom stereocenters. The minimum atomic E-state index is -0.187. The van der Waals surface area contributed by atoms with Gasteiger partial charge in [0.05, 0.1) is 12.2 Å². The summed E-state index contributed by atoms with van der Waals surface area (Å²) in [5.41, 5.74) is 3.93. The molecule has 2 N–H and O–H groups in total. The summed E-state index contributed by atoms with van der Waals surface area (Å²) in [5.74, 6) is 0.536. The number of rotatable bonds is 6. The zero-order valence-electron chi connectivity index (χ0n) is 15.6. The Bertz CT molecular complexity index is 760. The Balaban J connectivity index is 0.00000338. The molecule has 8 heteroatoms. The van der Waals surface area contributed by atoms with Crippen molar-refractivity contribution in [1.29, 1.82) is 0 Å². The van der Waals surface area contributed by atoms with Gasteiger partial charge < -0.3 is 10.6 Å². The Morgan fingerprint density at radius 3 is 2.65 bits per heavy atom. The molecule has 0 fully saturated rings. The quantitative estimate of drug-likeness (QED) is 0.334. The van der Waals surface area contributed by atoms with E-state index < -0.39 is 0 Å². The van der Waals surface area contributed by atoms with Crippen molar-refractivity contribution in [2.24, 2.45) is 12.0 Å². The van der Waals surface area contributed by atoms with Gasteiger partial charge in [-0.3, -0.25) is 4.68 Å². The van der Waals surface area contributed by atoms with Crippen LogP contribution in [0.15, 0.2) is 27.7 Å². The number of aliphatic imine (C=N–C) groups is 1. The third-order valence-corrected chi connectivity index (χ3v) is 4.59. The third-order valence-electron chi connectivity index (χ3n) is 4.09. The van der Waals surface area contributed by atoms with Gasteiger partial charge >= 0.3 is 0 Å². The van der Waals surface area contributed by atoms with E-state index in [1.807, 2.05) is 38.6 Å². The van der Waals surface area contributed by atoms with Crippen molar-refractivity contribution in [3.8, 4) is 0 Å². The zero-order valence-corrected chi connectivity index (χ0v) is 19.5. The van der Waals surface area contributed by atoms with Crippen LogP contribution >= 0.6 is 39.9 Å². The van der Waals surface area contributed by atoms with Crippen molar-refractivity contribution < 1.29 is 4.39 Å². The van der Waals surface area contributed by atoms with Crippen LogP contribution in [0.3, 0.4) is 0 Å². The van der Waals surface area contributed by atoms with Crippen molar-refractivity contribution >= 4 is 45.9 Å². The third kappa shape index (κ3) is 6.22. The molecule has 0 amide bonds. The van der Waals surface area contributed by atoms with Crippen LogP contribution in [-0.4, -0.2) is 28.8 Å². The second kappa shape index (κ2) is 10.9. The lowest BCUT2D eigenvalue weighted by molar-refractivity contribution is 0.606. The van der Waals surface area contributed by atoms with Crippen LogP contribution in [0.25, 0.3) is 0 Å². The van der Waals surface area contributed by atoms with Crippen molar-refractivity contribution in [2.45, 2.75) is 33.7 Å². The number of aromatic nitrogens is 2. The molecule has 0 radical (unpaired) electrons. The summed E-state index contributed by atoms with van der Waals surface area (Å²) >= 11 is 3.38. The molecule has 1 heterocycles. The molecule has 0 spiro atoms. The molecule has 26 heavy (non-hydrogen) atoms.